The minimum absolute atomic E-state index is 0.0852. The molecule has 4 amide bonds. The van der Waals surface area contributed by atoms with Crippen LogP contribution in [0.2, 0.25) is 5.02 Å². The lowest BCUT2D eigenvalue weighted by Gasteiger charge is -2.20. The van der Waals surface area contributed by atoms with E-state index in [0.29, 0.717) is 41.4 Å². The highest BCUT2D eigenvalue weighted by Gasteiger charge is 2.28. The normalized spacial score (nSPS) is 14.2. The molecule has 1 fully saturated rings. The third kappa shape index (κ3) is 5.58. The Morgan fingerprint density at radius 3 is 2.62 bits per heavy atom. The molecule has 0 saturated carbocycles. The van der Waals surface area contributed by atoms with Crippen LogP contribution in [-0.2, 0) is 10.2 Å². The molecular formula is C22H24ClN5O3S. The molecule has 3 rings (SSSR count). The third-order valence-corrected chi connectivity index (χ3v) is 6.66. The standard InChI is InChI=1S/C22H24ClN5O3S/c1-22(2,3)17-11-14(20(30)28-8-6-18(29)25-7-9-28)19(32-17)27-21(31)26-16-5-4-13(12-24)10-15(16)23/h4-5,10-11H,6-9H2,1-3H3,(H,25,29)(H2,26,27,31). The number of amides is 4. The van der Waals surface area contributed by atoms with Crippen molar-refractivity contribution in [1.82, 2.24) is 10.2 Å². The van der Waals surface area contributed by atoms with Crippen molar-refractivity contribution in [3.05, 3.63) is 45.3 Å². The number of halogens is 1. The zero-order valence-electron chi connectivity index (χ0n) is 18.0. The Morgan fingerprint density at radius 1 is 1.22 bits per heavy atom. The summed E-state index contributed by atoms with van der Waals surface area (Å²) in [5.74, 6) is -0.321. The fourth-order valence-electron chi connectivity index (χ4n) is 3.10. The molecule has 8 nitrogen and oxygen atoms in total. The minimum atomic E-state index is -0.555. The van der Waals surface area contributed by atoms with E-state index in [4.69, 9.17) is 16.9 Å². The predicted octanol–water partition coefficient (Wildman–Crippen LogP) is 4.18. The molecule has 1 aliphatic heterocycles. The number of nitrogens with one attached hydrogen (secondary N) is 3. The number of hydrogen-bond donors (Lipinski definition) is 3. The number of thiophene rings is 1. The molecule has 2 heterocycles. The molecule has 0 aliphatic carbocycles. The van der Waals surface area contributed by atoms with Crippen LogP contribution in [0.15, 0.2) is 24.3 Å². The number of rotatable bonds is 3. The average Bonchev–Trinajstić information content (AvgIpc) is 3.03. The first kappa shape index (κ1) is 23.6. The first-order valence-corrected chi connectivity index (χ1v) is 11.3. The Balaban J connectivity index is 1.84. The average molecular weight is 474 g/mol. The minimum Gasteiger partial charge on any atom is -0.354 e. The number of nitriles is 1. The van der Waals surface area contributed by atoms with E-state index in [0.717, 1.165) is 4.88 Å². The summed E-state index contributed by atoms with van der Waals surface area (Å²) >= 11 is 7.48. The molecule has 1 aromatic heterocycles. The zero-order chi connectivity index (χ0) is 23.5. The Labute approximate surface area is 195 Å². The van der Waals surface area contributed by atoms with Crippen LogP contribution in [0, 0.1) is 11.3 Å². The van der Waals surface area contributed by atoms with E-state index in [-0.39, 0.29) is 28.7 Å². The van der Waals surface area contributed by atoms with E-state index in [2.05, 4.69) is 16.0 Å². The van der Waals surface area contributed by atoms with Crippen molar-refractivity contribution in [3.8, 4) is 6.07 Å². The topological polar surface area (TPSA) is 114 Å². The lowest BCUT2D eigenvalue weighted by molar-refractivity contribution is -0.120. The van der Waals surface area contributed by atoms with Gasteiger partial charge in [-0.15, -0.1) is 11.3 Å². The van der Waals surface area contributed by atoms with Gasteiger partial charge in [0.25, 0.3) is 5.91 Å². The van der Waals surface area contributed by atoms with Gasteiger partial charge in [-0.2, -0.15) is 5.26 Å². The van der Waals surface area contributed by atoms with E-state index in [1.807, 2.05) is 26.8 Å². The van der Waals surface area contributed by atoms with Gasteiger partial charge in [-0.25, -0.2) is 4.79 Å². The molecular weight excluding hydrogens is 450 g/mol. The van der Waals surface area contributed by atoms with Crippen LogP contribution in [0.25, 0.3) is 0 Å². The van der Waals surface area contributed by atoms with Crippen LogP contribution in [0.1, 0.15) is 48.0 Å². The zero-order valence-corrected chi connectivity index (χ0v) is 19.6. The number of carbonyl (C=O) groups is 3. The quantitative estimate of drug-likeness (QED) is 0.620. The van der Waals surface area contributed by atoms with Crippen molar-refractivity contribution in [3.63, 3.8) is 0 Å². The number of benzene rings is 1. The van der Waals surface area contributed by atoms with Gasteiger partial charge in [-0.05, 0) is 29.7 Å². The van der Waals surface area contributed by atoms with Gasteiger partial charge in [0.2, 0.25) is 5.91 Å². The Bertz CT molecular complexity index is 1100. The summed E-state index contributed by atoms with van der Waals surface area (Å²) in [6.45, 7) is 7.20. The van der Waals surface area contributed by atoms with Crippen molar-refractivity contribution in [2.45, 2.75) is 32.6 Å². The molecule has 32 heavy (non-hydrogen) atoms. The monoisotopic (exact) mass is 473 g/mol. The smallest absolute Gasteiger partial charge is 0.324 e. The van der Waals surface area contributed by atoms with Crippen molar-refractivity contribution < 1.29 is 14.4 Å². The predicted molar refractivity (Wildman–Crippen MR) is 125 cm³/mol. The van der Waals surface area contributed by atoms with Crippen LogP contribution in [0.4, 0.5) is 15.5 Å². The van der Waals surface area contributed by atoms with Gasteiger partial charge in [0.05, 0.1) is 27.9 Å². The molecule has 1 saturated heterocycles. The Morgan fingerprint density at radius 2 is 1.97 bits per heavy atom. The number of hydrogen-bond acceptors (Lipinski definition) is 5. The van der Waals surface area contributed by atoms with Gasteiger partial charge in [0.1, 0.15) is 5.00 Å². The van der Waals surface area contributed by atoms with Gasteiger partial charge < -0.3 is 15.5 Å². The van der Waals surface area contributed by atoms with Crippen LogP contribution in [0.3, 0.4) is 0 Å². The Kier molecular flexibility index (Phi) is 7.06. The number of anilines is 2. The summed E-state index contributed by atoms with van der Waals surface area (Å²) in [5.41, 5.74) is 0.895. The van der Waals surface area contributed by atoms with E-state index in [1.54, 1.807) is 23.1 Å². The largest absolute Gasteiger partial charge is 0.354 e. The van der Waals surface area contributed by atoms with E-state index in [9.17, 15) is 14.4 Å². The molecule has 0 spiro atoms. The summed E-state index contributed by atoms with van der Waals surface area (Å²) in [7, 11) is 0. The van der Waals surface area contributed by atoms with Crippen molar-refractivity contribution >= 4 is 51.5 Å². The summed E-state index contributed by atoms with van der Waals surface area (Å²) < 4.78 is 0. The highest BCUT2D eigenvalue weighted by molar-refractivity contribution is 7.16. The lowest BCUT2D eigenvalue weighted by atomic mass is 9.94. The Hall–Kier alpha value is -3.09. The van der Waals surface area contributed by atoms with Crippen LogP contribution >= 0.6 is 22.9 Å². The second kappa shape index (κ2) is 9.59. The highest BCUT2D eigenvalue weighted by atomic mass is 35.5. The molecule has 168 valence electrons. The van der Waals surface area contributed by atoms with E-state index < -0.39 is 6.03 Å². The summed E-state index contributed by atoms with van der Waals surface area (Å²) in [6.07, 6.45) is 0.239. The van der Waals surface area contributed by atoms with E-state index in [1.165, 1.54) is 17.4 Å². The van der Waals surface area contributed by atoms with Crippen LogP contribution < -0.4 is 16.0 Å². The second-order valence-electron chi connectivity index (χ2n) is 8.38. The molecule has 1 aromatic carbocycles. The summed E-state index contributed by atoms with van der Waals surface area (Å²) in [5, 5.41) is 17.8. The van der Waals surface area contributed by atoms with Crippen LogP contribution in [0.5, 0.6) is 0 Å². The number of carbonyl (C=O) groups excluding carboxylic acids is 3. The summed E-state index contributed by atoms with van der Waals surface area (Å²) in [6, 6.07) is 7.79. The molecule has 0 bridgehead atoms. The fourth-order valence-corrected chi connectivity index (χ4v) is 4.43. The molecule has 1 aliphatic rings. The molecule has 10 heteroatoms. The molecule has 3 N–H and O–H groups in total. The first-order valence-electron chi connectivity index (χ1n) is 10.1. The third-order valence-electron chi connectivity index (χ3n) is 4.88. The van der Waals surface area contributed by atoms with Crippen LogP contribution in [-0.4, -0.2) is 42.4 Å². The van der Waals surface area contributed by atoms with Gasteiger partial charge >= 0.3 is 6.03 Å². The van der Waals surface area contributed by atoms with Crippen molar-refractivity contribution in [2.24, 2.45) is 0 Å². The lowest BCUT2D eigenvalue weighted by Crippen LogP contribution is -2.34. The molecule has 0 unspecified atom stereocenters. The van der Waals surface area contributed by atoms with Gasteiger partial charge in [-0.3, -0.25) is 14.9 Å². The number of urea groups is 1. The summed E-state index contributed by atoms with van der Waals surface area (Å²) in [4.78, 5) is 40.1. The maximum atomic E-state index is 13.3. The van der Waals surface area contributed by atoms with Gasteiger partial charge in [-0.1, -0.05) is 32.4 Å². The van der Waals surface area contributed by atoms with Crippen molar-refractivity contribution in [2.75, 3.05) is 30.3 Å². The van der Waals surface area contributed by atoms with Gasteiger partial charge in [0.15, 0.2) is 0 Å². The maximum Gasteiger partial charge on any atom is 0.324 e. The molecule has 2 aromatic rings. The molecule has 0 atom stereocenters. The SMILES string of the molecule is CC(C)(C)c1cc(C(=O)N2CCNC(=O)CC2)c(NC(=O)Nc2ccc(C#N)cc2Cl)s1. The second-order valence-corrected chi connectivity index (χ2v) is 9.84. The molecule has 0 radical (unpaired) electrons. The highest BCUT2D eigenvalue weighted by Crippen LogP contribution is 2.37. The van der Waals surface area contributed by atoms with Crippen molar-refractivity contribution in [1.29, 1.82) is 5.26 Å². The first-order chi connectivity index (χ1) is 15.1. The number of nitrogens with zero attached hydrogens (tertiary/aromatic N) is 2. The van der Waals surface area contributed by atoms with E-state index >= 15 is 0 Å². The van der Waals surface area contributed by atoms with Gasteiger partial charge in [0, 0.05) is 30.9 Å². The fraction of sp³-hybridized carbons (Fsp3) is 0.364. The maximum absolute atomic E-state index is 13.3.